The predicted octanol–water partition coefficient (Wildman–Crippen LogP) is 5.98. The summed E-state index contributed by atoms with van der Waals surface area (Å²) < 4.78 is 43.6. The highest BCUT2D eigenvalue weighted by atomic mass is 19.4. The number of benzene rings is 1. The first kappa shape index (κ1) is 19.7. The zero-order valence-corrected chi connectivity index (χ0v) is 15.6. The van der Waals surface area contributed by atoms with Gasteiger partial charge in [0.05, 0.1) is 17.4 Å². The monoisotopic (exact) mass is 353 g/mol. The van der Waals surface area contributed by atoms with Crippen molar-refractivity contribution in [2.75, 3.05) is 0 Å². The second-order valence-electron chi connectivity index (χ2n) is 8.54. The van der Waals surface area contributed by atoms with E-state index in [0.29, 0.717) is 5.56 Å². The average molecular weight is 353 g/mol. The summed E-state index contributed by atoms with van der Waals surface area (Å²) in [5, 5.41) is 0. The maximum atomic E-state index is 12.6. The van der Waals surface area contributed by atoms with Crippen molar-refractivity contribution in [3.05, 3.63) is 41.6 Å². The fourth-order valence-corrected chi connectivity index (χ4v) is 2.66. The largest absolute Gasteiger partial charge is 0.416 e. The highest BCUT2D eigenvalue weighted by Gasteiger charge is 2.52. The van der Waals surface area contributed by atoms with Crippen molar-refractivity contribution < 1.29 is 17.9 Å². The van der Waals surface area contributed by atoms with Gasteiger partial charge in [0.2, 0.25) is 0 Å². The number of halogens is 3. The molecule has 1 aromatic rings. The van der Waals surface area contributed by atoms with Gasteiger partial charge in [-0.1, -0.05) is 53.7 Å². The van der Waals surface area contributed by atoms with Gasteiger partial charge < -0.3 is 4.74 Å². The van der Waals surface area contributed by atoms with Crippen molar-refractivity contribution in [1.82, 2.24) is 0 Å². The molecule has 0 unspecified atom stereocenters. The van der Waals surface area contributed by atoms with Crippen molar-refractivity contribution in [2.45, 2.75) is 59.9 Å². The van der Waals surface area contributed by atoms with Gasteiger partial charge in [-0.25, -0.2) is 0 Å². The topological polar surface area (TPSA) is 24.9 Å². The maximum absolute atomic E-state index is 12.6. The molecule has 0 radical (unpaired) electrons. The lowest BCUT2D eigenvalue weighted by molar-refractivity contribution is -0.137. The molecule has 25 heavy (non-hydrogen) atoms. The van der Waals surface area contributed by atoms with Gasteiger partial charge in [-0.3, -0.25) is 4.99 Å². The number of rotatable bonds is 3. The standard InChI is InChI=1S/C20H26F3NO/c1-18(2,3)16(15-17(25-15)19(4,5)6)24-12-11-13-7-9-14(10-8-13)20(21,22)23/h7-12,15,17H,1-6H3/b12-11+,24-16?/t15-,17+/m1/s1. The van der Waals surface area contributed by atoms with E-state index >= 15 is 0 Å². The number of epoxide rings is 1. The van der Waals surface area contributed by atoms with Crippen LogP contribution < -0.4 is 0 Å². The van der Waals surface area contributed by atoms with Crippen LogP contribution in [0.2, 0.25) is 0 Å². The molecule has 0 saturated carbocycles. The van der Waals surface area contributed by atoms with Gasteiger partial charge in [-0.05, 0) is 29.2 Å². The van der Waals surface area contributed by atoms with Crippen LogP contribution in [-0.4, -0.2) is 17.9 Å². The van der Waals surface area contributed by atoms with E-state index in [1.165, 1.54) is 12.1 Å². The van der Waals surface area contributed by atoms with Crippen LogP contribution in [0.5, 0.6) is 0 Å². The zero-order chi connectivity index (χ0) is 19.0. The number of ether oxygens (including phenoxy) is 1. The molecule has 0 spiro atoms. The first-order valence-electron chi connectivity index (χ1n) is 8.37. The SMILES string of the molecule is CC(C)(C)C(=N/C=C/c1ccc(C(F)(F)F)cc1)[C@H]1O[C@@H]1C(C)(C)C. The summed E-state index contributed by atoms with van der Waals surface area (Å²) in [7, 11) is 0. The van der Waals surface area contributed by atoms with Gasteiger partial charge in [0.15, 0.2) is 0 Å². The summed E-state index contributed by atoms with van der Waals surface area (Å²) in [6.07, 6.45) is -0.821. The van der Waals surface area contributed by atoms with Crippen molar-refractivity contribution in [3.8, 4) is 0 Å². The molecule has 0 N–H and O–H groups in total. The summed E-state index contributed by atoms with van der Waals surface area (Å²) in [5.41, 5.74) is 0.885. The lowest BCUT2D eigenvalue weighted by Crippen LogP contribution is -2.29. The number of aliphatic imine (C=N–C) groups is 1. The zero-order valence-electron chi connectivity index (χ0n) is 15.6. The molecule has 2 atom stereocenters. The summed E-state index contributed by atoms with van der Waals surface area (Å²) in [4.78, 5) is 4.58. The molecule has 1 aromatic carbocycles. The van der Waals surface area contributed by atoms with Gasteiger partial charge >= 0.3 is 6.18 Å². The second-order valence-corrected chi connectivity index (χ2v) is 8.54. The molecule has 138 valence electrons. The summed E-state index contributed by atoms with van der Waals surface area (Å²) in [5.74, 6) is 0. The van der Waals surface area contributed by atoms with Gasteiger partial charge in [-0.2, -0.15) is 13.2 Å². The third-order valence-corrected chi connectivity index (χ3v) is 4.10. The molecule has 1 aliphatic rings. The Morgan fingerprint density at radius 1 is 1.00 bits per heavy atom. The van der Waals surface area contributed by atoms with E-state index in [2.05, 4.69) is 46.5 Å². The van der Waals surface area contributed by atoms with Crippen molar-refractivity contribution in [1.29, 1.82) is 0 Å². The van der Waals surface area contributed by atoms with E-state index in [0.717, 1.165) is 17.8 Å². The molecule has 1 heterocycles. The Morgan fingerprint density at radius 2 is 1.56 bits per heavy atom. The van der Waals surface area contributed by atoms with Crippen LogP contribution in [0.25, 0.3) is 6.08 Å². The molecule has 5 heteroatoms. The molecule has 2 nitrogen and oxygen atoms in total. The lowest BCUT2D eigenvalue weighted by atomic mass is 9.82. The van der Waals surface area contributed by atoms with E-state index in [1.807, 2.05) is 0 Å². The number of alkyl halides is 3. The molecule has 1 fully saturated rings. The van der Waals surface area contributed by atoms with E-state index in [-0.39, 0.29) is 23.0 Å². The minimum atomic E-state index is -4.31. The molecule has 1 saturated heterocycles. The Bertz CT molecular complexity index is 658. The van der Waals surface area contributed by atoms with Gasteiger partial charge in [0.1, 0.15) is 6.10 Å². The van der Waals surface area contributed by atoms with Crippen molar-refractivity contribution in [3.63, 3.8) is 0 Å². The van der Waals surface area contributed by atoms with Crippen LogP contribution in [0.15, 0.2) is 35.5 Å². The summed E-state index contributed by atoms with van der Waals surface area (Å²) in [6, 6.07) is 5.04. The third kappa shape index (κ3) is 5.18. The van der Waals surface area contributed by atoms with Crippen LogP contribution >= 0.6 is 0 Å². The second kappa shape index (κ2) is 6.60. The van der Waals surface area contributed by atoms with E-state index < -0.39 is 11.7 Å². The maximum Gasteiger partial charge on any atom is 0.416 e. The first-order valence-corrected chi connectivity index (χ1v) is 8.37. The Balaban J connectivity index is 2.15. The Hall–Kier alpha value is -1.62. The third-order valence-electron chi connectivity index (χ3n) is 4.10. The molecule has 0 aromatic heterocycles. The molecular formula is C20H26F3NO. The van der Waals surface area contributed by atoms with Gasteiger partial charge in [0, 0.05) is 11.6 Å². The van der Waals surface area contributed by atoms with Gasteiger partial charge in [-0.15, -0.1) is 0 Å². The number of hydrogen-bond acceptors (Lipinski definition) is 2. The van der Waals surface area contributed by atoms with Crippen LogP contribution in [0.1, 0.15) is 52.7 Å². The van der Waals surface area contributed by atoms with E-state index in [1.54, 1.807) is 12.3 Å². The summed E-state index contributed by atoms with van der Waals surface area (Å²) in [6.45, 7) is 12.7. The first-order chi connectivity index (χ1) is 11.3. The highest BCUT2D eigenvalue weighted by Crippen LogP contribution is 2.42. The van der Waals surface area contributed by atoms with E-state index in [9.17, 15) is 13.2 Å². The number of hydrogen-bond donors (Lipinski definition) is 0. The van der Waals surface area contributed by atoms with Crippen molar-refractivity contribution in [2.24, 2.45) is 15.8 Å². The lowest BCUT2D eigenvalue weighted by Gasteiger charge is -2.21. The molecule has 0 bridgehead atoms. The number of nitrogens with zero attached hydrogens (tertiary/aromatic N) is 1. The Morgan fingerprint density at radius 3 is 1.96 bits per heavy atom. The molecular weight excluding hydrogens is 327 g/mol. The molecule has 0 amide bonds. The van der Waals surface area contributed by atoms with Crippen LogP contribution in [0, 0.1) is 10.8 Å². The Labute approximate surface area is 147 Å². The van der Waals surface area contributed by atoms with Crippen molar-refractivity contribution >= 4 is 11.8 Å². The minimum absolute atomic E-state index is 0.00254. The normalized spacial score (nSPS) is 22.5. The quantitative estimate of drug-likeness (QED) is 0.485. The summed E-state index contributed by atoms with van der Waals surface area (Å²) >= 11 is 0. The van der Waals surface area contributed by atoms with E-state index in [4.69, 9.17) is 4.74 Å². The fourth-order valence-electron chi connectivity index (χ4n) is 2.66. The fraction of sp³-hybridized carbons (Fsp3) is 0.550. The highest BCUT2D eigenvalue weighted by molar-refractivity contribution is 5.96. The predicted molar refractivity (Wildman–Crippen MR) is 95.5 cm³/mol. The Kier molecular flexibility index (Phi) is 5.20. The smallest absolute Gasteiger partial charge is 0.363 e. The van der Waals surface area contributed by atoms with Crippen LogP contribution in [0.3, 0.4) is 0 Å². The molecule has 0 aliphatic carbocycles. The van der Waals surface area contributed by atoms with Gasteiger partial charge in [0.25, 0.3) is 0 Å². The molecule has 1 aliphatic heterocycles. The average Bonchev–Trinajstić information content (AvgIpc) is 3.21. The van der Waals surface area contributed by atoms with Crippen LogP contribution in [0.4, 0.5) is 13.2 Å². The minimum Gasteiger partial charge on any atom is -0.363 e. The van der Waals surface area contributed by atoms with Crippen LogP contribution in [-0.2, 0) is 10.9 Å². The molecule has 2 rings (SSSR count).